The summed E-state index contributed by atoms with van der Waals surface area (Å²) in [5.41, 5.74) is 3.00. The number of piperidine rings is 3. The van der Waals surface area contributed by atoms with E-state index in [1.54, 1.807) is 4.90 Å². The van der Waals surface area contributed by atoms with Crippen LogP contribution < -0.4 is 20.4 Å². The van der Waals surface area contributed by atoms with Crippen LogP contribution in [0.1, 0.15) is 48.9 Å². The van der Waals surface area contributed by atoms with E-state index in [4.69, 9.17) is 0 Å². The summed E-state index contributed by atoms with van der Waals surface area (Å²) in [4.78, 5) is 41.7. The quantitative estimate of drug-likeness (QED) is 0.713. The van der Waals surface area contributed by atoms with E-state index in [1.807, 2.05) is 24.3 Å². The van der Waals surface area contributed by atoms with Crippen LogP contribution in [0.25, 0.3) is 10.8 Å². The molecule has 1 atom stereocenters. The average molecular weight is 433 g/mol. The van der Waals surface area contributed by atoms with Crippen molar-refractivity contribution in [3.63, 3.8) is 0 Å². The topological polar surface area (TPSA) is 81.8 Å². The molecule has 2 aromatic rings. The molecule has 166 valence electrons. The minimum Gasteiger partial charge on any atom is -0.371 e. The Morgan fingerprint density at radius 2 is 1.75 bits per heavy atom. The number of nitrogens with zero attached hydrogens (tertiary/aromatic N) is 2. The van der Waals surface area contributed by atoms with Gasteiger partial charge in [0.1, 0.15) is 6.04 Å². The lowest BCUT2D eigenvalue weighted by Gasteiger charge is -2.45. The lowest BCUT2D eigenvalue weighted by Crippen LogP contribution is -2.53. The lowest BCUT2D eigenvalue weighted by molar-refractivity contribution is -0.134. The fourth-order valence-corrected chi connectivity index (χ4v) is 6.12. The number of anilines is 2. The molecule has 0 saturated carbocycles. The van der Waals surface area contributed by atoms with Gasteiger partial charge >= 0.3 is 0 Å². The summed E-state index contributed by atoms with van der Waals surface area (Å²) in [5, 5.41) is 7.81. The van der Waals surface area contributed by atoms with Crippen LogP contribution in [0.3, 0.4) is 0 Å². The SMILES string of the molecule is O=C1CCC(N2C(=O)c3cc(N4CCC5(CCNCC5)CC4)cc4cccc2c34)C(=O)N1. The fourth-order valence-electron chi connectivity index (χ4n) is 6.12. The van der Waals surface area contributed by atoms with Gasteiger partial charge in [0, 0.05) is 30.6 Å². The van der Waals surface area contributed by atoms with Gasteiger partial charge in [0.05, 0.1) is 11.3 Å². The van der Waals surface area contributed by atoms with Gasteiger partial charge in [0.15, 0.2) is 0 Å². The zero-order chi connectivity index (χ0) is 21.9. The van der Waals surface area contributed by atoms with Crippen LogP contribution in [0.5, 0.6) is 0 Å². The van der Waals surface area contributed by atoms with Crippen LogP contribution in [0.2, 0.25) is 0 Å². The number of rotatable bonds is 2. The highest BCUT2D eigenvalue weighted by atomic mass is 16.2. The minimum atomic E-state index is -0.642. The van der Waals surface area contributed by atoms with Gasteiger partial charge in [0.25, 0.3) is 5.91 Å². The molecule has 0 bridgehead atoms. The molecular weight excluding hydrogens is 404 g/mol. The number of hydrogen-bond donors (Lipinski definition) is 2. The molecule has 2 aromatic carbocycles. The standard InChI is InChI=1S/C25H28N4O3/c30-21-5-4-20(23(31)27-21)29-19-3-1-2-16-14-17(15-18(22(16)19)24(29)32)28-12-8-25(9-13-28)6-10-26-11-7-25/h1-3,14-15,20,26H,4-13H2,(H,27,30,31). The zero-order valence-electron chi connectivity index (χ0n) is 18.2. The predicted octanol–water partition coefficient (Wildman–Crippen LogP) is 2.58. The minimum absolute atomic E-state index is 0.139. The zero-order valence-corrected chi connectivity index (χ0v) is 18.2. The molecule has 4 aliphatic rings. The maximum Gasteiger partial charge on any atom is 0.259 e. The van der Waals surface area contributed by atoms with Crippen molar-refractivity contribution < 1.29 is 14.4 Å². The Labute approximate surface area is 187 Å². The van der Waals surface area contributed by atoms with Gasteiger partial charge in [-0.25, -0.2) is 0 Å². The van der Waals surface area contributed by atoms with Crippen LogP contribution in [0.4, 0.5) is 11.4 Å². The van der Waals surface area contributed by atoms with Gasteiger partial charge in [-0.2, -0.15) is 0 Å². The van der Waals surface area contributed by atoms with Gasteiger partial charge in [-0.15, -0.1) is 0 Å². The number of carbonyl (C=O) groups excluding carboxylic acids is 3. The third-order valence-corrected chi connectivity index (χ3v) is 8.02. The summed E-state index contributed by atoms with van der Waals surface area (Å²) >= 11 is 0. The number of hydrogen-bond acceptors (Lipinski definition) is 5. The molecule has 7 nitrogen and oxygen atoms in total. The molecule has 0 aromatic heterocycles. The average Bonchev–Trinajstić information content (AvgIpc) is 3.08. The van der Waals surface area contributed by atoms with Crippen molar-refractivity contribution >= 4 is 39.9 Å². The van der Waals surface area contributed by atoms with E-state index in [-0.39, 0.29) is 24.1 Å². The molecule has 3 saturated heterocycles. The molecule has 4 aliphatic heterocycles. The Morgan fingerprint density at radius 1 is 0.969 bits per heavy atom. The highest BCUT2D eigenvalue weighted by Gasteiger charge is 2.41. The summed E-state index contributed by atoms with van der Waals surface area (Å²) < 4.78 is 0. The molecule has 0 aliphatic carbocycles. The van der Waals surface area contributed by atoms with Crippen LogP contribution >= 0.6 is 0 Å². The van der Waals surface area contributed by atoms with E-state index in [0.29, 0.717) is 17.4 Å². The predicted molar refractivity (Wildman–Crippen MR) is 123 cm³/mol. The number of carbonyl (C=O) groups is 3. The van der Waals surface area contributed by atoms with Crippen molar-refractivity contribution in [2.24, 2.45) is 5.41 Å². The van der Waals surface area contributed by atoms with E-state index in [9.17, 15) is 14.4 Å². The molecule has 6 rings (SSSR count). The van der Waals surface area contributed by atoms with Crippen LogP contribution in [-0.2, 0) is 9.59 Å². The number of nitrogens with one attached hydrogen (secondary N) is 2. The summed E-state index contributed by atoms with van der Waals surface area (Å²) in [7, 11) is 0. The largest absolute Gasteiger partial charge is 0.371 e. The molecule has 3 fully saturated rings. The van der Waals surface area contributed by atoms with E-state index in [1.165, 1.54) is 25.7 Å². The van der Waals surface area contributed by atoms with E-state index >= 15 is 0 Å². The van der Waals surface area contributed by atoms with Crippen LogP contribution in [-0.4, -0.2) is 49.9 Å². The second-order valence-electron chi connectivity index (χ2n) is 9.75. The molecular formula is C25H28N4O3. The number of amides is 3. The normalized spacial score (nSPS) is 25.0. The molecule has 3 amide bonds. The molecule has 1 spiro atoms. The van der Waals surface area contributed by atoms with Crippen LogP contribution in [0.15, 0.2) is 30.3 Å². The second kappa shape index (κ2) is 7.30. The summed E-state index contributed by atoms with van der Waals surface area (Å²) in [5.74, 6) is -0.796. The van der Waals surface area contributed by atoms with Crippen LogP contribution in [0, 0.1) is 5.41 Å². The number of benzene rings is 2. The Kier molecular flexibility index (Phi) is 4.50. The highest BCUT2D eigenvalue weighted by Crippen LogP contribution is 2.44. The Balaban J connectivity index is 1.32. The lowest BCUT2D eigenvalue weighted by atomic mass is 9.71. The van der Waals surface area contributed by atoms with Gasteiger partial charge in [0.2, 0.25) is 11.8 Å². The molecule has 1 unspecified atom stereocenters. The van der Waals surface area contributed by atoms with E-state index < -0.39 is 6.04 Å². The van der Waals surface area contributed by atoms with Crippen molar-refractivity contribution in [3.8, 4) is 0 Å². The Morgan fingerprint density at radius 3 is 2.50 bits per heavy atom. The fraction of sp³-hybridized carbons (Fsp3) is 0.480. The van der Waals surface area contributed by atoms with E-state index in [2.05, 4.69) is 21.6 Å². The third kappa shape index (κ3) is 3.02. The van der Waals surface area contributed by atoms with Gasteiger partial charge in [-0.1, -0.05) is 12.1 Å². The van der Waals surface area contributed by atoms with E-state index in [0.717, 1.165) is 48.3 Å². The summed E-state index contributed by atoms with van der Waals surface area (Å²) in [6.07, 6.45) is 5.51. The number of imide groups is 1. The molecule has 2 N–H and O–H groups in total. The van der Waals surface area contributed by atoms with Crippen molar-refractivity contribution in [1.29, 1.82) is 0 Å². The first-order valence-corrected chi connectivity index (χ1v) is 11.7. The third-order valence-electron chi connectivity index (χ3n) is 8.02. The van der Waals surface area contributed by atoms with Crippen molar-refractivity contribution in [2.45, 2.75) is 44.6 Å². The van der Waals surface area contributed by atoms with Gasteiger partial charge < -0.3 is 10.2 Å². The van der Waals surface area contributed by atoms with Crippen molar-refractivity contribution in [2.75, 3.05) is 36.0 Å². The van der Waals surface area contributed by atoms with Crippen molar-refractivity contribution in [1.82, 2.24) is 10.6 Å². The highest BCUT2D eigenvalue weighted by molar-refractivity contribution is 6.27. The van der Waals surface area contributed by atoms with Gasteiger partial charge in [-0.05, 0) is 74.2 Å². The first-order valence-electron chi connectivity index (χ1n) is 11.7. The molecule has 0 radical (unpaired) electrons. The molecule has 7 heteroatoms. The summed E-state index contributed by atoms with van der Waals surface area (Å²) in [6, 6.07) is 9.46. The van der Waals surface area contributed by atoms with Crippen molar-refractivity contribution in [3.05, 3.63) is 35.9 Å². The summed E-state index contributed by atoms with van der Waals surface area (Å²) in [6.45, 7) is 4.26. The first-order chi connectivity index (χ1) is 15.5. The maximum absolute atomic E-state index is 13.5. The monoisotopic (exact) mass is 432 g/mol. The maximum atomic E-state index is 13.5. The molecule has 32 heavy (non-hydrogen) atoms. The molecule has 4 heterocycles. The first kappa shape index (κ1) is 19.7. The Bertz CT molecular complexity index is 1130. The van der Waals surface area contributed by atoms with Gasteiger partial charge in [-0.3, -0.25) is 24.6 Å². The Hall–Kier alpha value is -2.93. The smallest absolute Gasteiger partial charge is 0.259 e. The second-order valence-corrected chi connectivity index (χ2v) is 9.75.